The third-order valence-corrected chi connectivity index (χ3v) is 3.75. The first kappa shape index (κ1) is 13.7. The van der Waals surface area contributed by atoms with Gasteiger partial charge in [0.05, 0.1) is 22.8 Å². The highest BCUT2D eigenvalue weighted by Gasteiger charge is 2.11. The summed E-state index contributed by atoms with van der Waals surface area (Å²) in [7, 11) is 0. The highest BCUT2D eigenvalue weighted by atomic mass is 32.1. The number of halogens is 1. The highest BCUT2D eigenvalue weighted by molar-refractivity contribution is 7.09. The van der Waals surface area contributed by atoms with Crippen LogP contribution in [0.1, 0.15) is 30.5 Å². The number of anilines is 1. The van der Waals surface area contributed by atoms with Crippen molar-refractivity contribution in [3.05, 3.63) is 46.2 Å². The Kier molecular flexibility index (Phi) is 4.27. The summed E-state index contributed by atoms with van der Waals surface area (Å²) in [6.07, 6.45) is 0.164. The molecule has 0 unspecified atom stereocenters. The van der Waals surface area contributed by atoms with Gasteiger partial charge in [-0.2, -0.15) is 0 Å². The second-order valence-electron chi connectivity index (χ2n) is 4.54. The Morgan fingerprint density at radius 2 is 2.16 bits per heavy atom. The van der Waals surface area contributed by atoms with Crippen LogP contribution in [0, 0.1) is 5.82 Å². The van der Waals surface area contributed by atoms with Gasteiger partial charge in [0.2, 0.25) is 5.91 Å². The maximum absolute atomic E-state index is 13.4. The highest BCUT2D eigenvalue weighted by Crippen LogP contribution is 2.20. The number of carbonyl (C=O) groups is 1. The van der Waals surface area contributed by atoms with Gasteiger partial charge in [0.15, 0.2) is 0 Å². The van der Waals surface area contributed by atoms with Crippen LogP contribution in [0.4, 0.5) is 10.1 Å². The van der Waals surface area contributed by atoms with Crippen LogP contribution in [0.5, 0.6) is 0 Å². The molecule has 0 aliphatic carbocycles. The van der Waals surface area contributed by atoms with Crippen molar-refractivity contribution in [3.63, 3.8) is 0 Å². The van der Waals surface area contributed by atoms with Gasteiger partial charge in [-0.05, 0) is 12.1 Å². The van der Waals surface area contributed by atoms with E-state index in [4.69, 9.17) is 0 Å². The molecule has 0 fully saturated rings. The Morgan fingerprint density at radius 3 is 2.79 bits per heavy atom. The van der Waals surface area contributed by atoms with E-state index >= 15 is 0 Å². The number of carbonyl (C=O) groups excluding carboxylic acids is 1. The fourth-order valence-corrected chi connectivity index (χ4v) is 2.43. The molecular weight excluding hydrogens is 263 g/mol. The first-order valence-corrected chi connectivity index (χ1v) is 6.93. The van der Waals surface area contributed by atoms with Crippen molar-refractivity contribution < 1.29 is 9.18 Å². The molecule has 1 amide bonds. The standard InChI is InChI=1S/C14H15FN2OS/c1-9(2)14-16-10(8-19-14)7-13(18)17-12-6-4-3-5-11(12)15/h3-6,8-9H,7H2,1-2H3,(H,17,18). The smallest absolute Gasteiger partial charge is 0.230 e. The number of nitrogens with zero attached hydrogens (tertiary/aromatic N) is 1. The molecule has 1 aromatic carbocycles. The number of hydrogen-bond acceptors (Lipinski definition) is 3. The van der Waals surface area contributed by atoms with E-state index in [0.29, 0.717) is 5.92 Å². The number of rotatable bonds is 4. The van der Waals surface area contributed by atoms with Gasteiger partial charge in [0.25, 0.3) is 0 Å². The molecule has 0 spiro atoms. The average molecular weight is 278 g/mol. The number of para-hydroxylation sites is 1. The Balaban J connectivity index is 1.99. The lowest BCUT2D eigenvalue weighted by atomic mass is 10.2. The van der Waals surface area contributed by atoms with Crippen molar-refractivity contribution in [3.8, 4) is 0 Å². The monoisotopic (exact) mass is 278 g/mol. The number of nitrogens with one attached hydrogen (secondary N) is 1. The van der Waals surface area contributed by atoms with Crippen LogP contribution in [0.15, 0.2) is 29.6 Å². The molecule has 5 heteroatoms. The maximum Gasteiger partial charge on any atom is 0.230 e. The second kappa shape index (κ2) is 5.93. The Bertz CT molecular complexity index is 580. The van der Waals surface area contributed by atoms with Crippen molar-refractivity contribution in [2.45, 2.75) is 26.2 Å². The minimum absolute atomic E-state index is 0.164. The maximum atomic E-state index is 13.4. The largest absolute Gasteiger partial charge is 0.323 e. The van der Waals surface area contributed by atoms with Gasteiger partial charge in [0.1, 0.15) is 5.82 Å². The molecule has 1 N–H and O–H groups in total. The number of aromatic nitrogens is 1. The van der Waals surface area contributed by atoms with Crippen LogP contribution in [-0.2, 0) is 11.2 Å². The number of thiazole rings is 1. The summed E-state index contributed by atoms with van der Waals surface area (Å²) in [6, 6.07) is 6.11. The molecule has 0 saturated heterocycles. The van der Waals surface area contributed by atoms with Gasteiger partial charge < -0.3 is 5.32 Å². The molecule has 0 bridgehead atoms. The number of amides is 1. The topological polar surface area (TPSA) is 42.0 Å². The van der Waals surface area contributed by atoms with E-state index in [1.54, 1.807) is 23.5 Å². The molecule has 19 heavy (non-hydrogen) atoms. The fourth-order valence-electron chi connectivity index (χ4n) is 1.59. The van der Waals surface area contributed by atoms with E-state index in [9.17, 15) is 9.18 Å². The molecule has 0 aliphatic heterocycles. The van der Waals surface area contributed by atoms with Crippen molar-refractivity contribution in [1.82, 2.24) is 4.98 Å². The average Bonchev–Trinajstić information content (AvgIpc) is 2.80. The van der Waals surface area contributed by atoms with E-state index in [1.165, 1.54) is 12.1 Å². The van der Waals surface area contributed by atoms with E-state index in [0.717, 1.165) is 10.7 Å². The summed E-state index contributed by atoms with van der Waals surface area (Å²) in [5, 5.41) is 5.43. The summed E-state index contributed by atoms with van der Waals surface area (Å²) in [5.41, 5.74) is 0.925. The molecular formula is C14H15FN2OS. The van der Waals surface area contributed by atoms with Crippen molar-refractivity contribution >= 4 is 22.9 Å². The fraction of sp³-hybridized carbons (Fsp3) is 0.286. The Morgan fingerprint density at radius 1 is 1.42 bits per heavy atom. The van der Waals surface area contributed by atoms with Gasteiger partial charge in [-0.15, -0.1) is 11.3 Å². The van der Waals surface area contributed by atoms with Crippen LogP contribution < -0.4 is 5.32 Å². The van der Waals surface area contributed by atoms with E-state index in [2.05, 4.69) is 24.1 Å². The molecule has 0 atom stereocenters. The predicted molar refractivity (Wildman–Crippen MR) is 74.9 cm³/mol. The van der Waals surface area contributed by atoms with Crippen LogP contribution in [-0.4, -0.2) is 10.9 Å². The normalized spacial score (nSPS) is 10.7. The zero-order valence-electron chi connectivity index (χ0n) is 10.8. The molecule has 0 radical (unpaired) electrons. The van der Waals surface area contributed by atoms with Gasteiger partial charge in [-0.3, -0.25) is 4.79 Å². The Labute approximate surface area is 115 Å². The molecule has 0 aliphatic rings. The zero-order chi connectivity index (χ0) is 13.8. The molecule has 3 nitrogen and oxygen atoms in total. The third kappa shape index (κ3) is 3.61. The Hall–Kier alpha value is -1.75. The van der Waals surface area contributed by atoms with E-state index in [1.807, 2.05) is 5.38 Å². The first-order chi connectivity index (χ1) is 9.06. The predicted octanol–water partition coefficient (Wildman–Crippen LogP) is 3.59. The molecule has 2 rings (SSSR count). The van der Waals surface area contributed by atoms with Crippen LogP contribution in [0.2, 0.25) is 0 Å². The van der Waals surface area contributed by atoms with Gasteiger partial charge in [-0.1, -0.05) is 26.0 Å². The summed E-state index contributed by atoms with van der Waals surface area (Å²) in [4.78, 5) is 16.2. The minimum Gasteiger partial charge on any atom is -0.323 e. The molecule has 2 aromatic rings. The molecule has 1 aromatic heterocycles. The van der Waals surface area contributed by atoms with Crippen molar-refractivity contribution in [2.24, 2.45) is 0 Å². The molecule has 1 heterocycles. The SMILES string of the molecule is CC(C)c1nc(CC(=O)Nc2ccccc2F)cs1. The van der Waals surface area contributed by atoms with Gasteiger partial charge in [0, 0.05) is 11.3 Å². The number of hydrogen-bond donors (Lipinski definition) is 1. The summed E-state index contributed by atoms with van der Waals surface area (Å²) >= 11 is 1.54. The summed E-state index contributed by atoms with van der Waals surface area (Å²) < 4.78 is 13.4. The van der Waals surface area contributed by atoms with Crippen LogP contribution >= 0.6 is 11.3 Å². The quantitative estimate of drug-likeness (QED) is 0.928. The minimum atomic E-state index is -0.433. The lowest BCUT2D eigenvalue weighted by Crippen LogP contribution is -2.15. The second-order valence-corrected chi connectivity index (χ2v) is 5.43. The van der Waals surface area contributed by atoms with Crippen molar-refractivity contribution in [1.29, 1.82) is 0 Å². The first-order valence-electron chi connectivity index (χ1n) is 6.05. The lowest BCUT2D eigenvalue weighted by molar-refractivity contribution is -0.115. The van der Waals surface area contributed by atoms with Gasteiger partial charge in [-0.25, -0.2) is 9.37 Å². The summed E-state index contributed by atoms with van der Waals surface area (Å²) in [5.74, 6) is -0.337. The van der Waals surface area contributed by atoms with Crippen LogP contribution in [0.25, 0.3) is 0 Å². The van der Waals surface area contributed by atoms with Crippen molar-refractivity contribution in [2.75, 3.05) is 5.32 Å². The van der Waals surface area contributed by atoms with E-state index in [-0.39, 0.29) is 18.0 Å². The zero-order valence-corrected chi connectivity index (χ0v) is 11.6. The molecule has 100 valence electrons. The third-order valence-electron chi connectivity index (χ3n) is 2.55. The van der Waals surface area contributed by atoms with Crippen LogP contribution in [0.3, 0.4) is 0 Å². The molecule has 0 saturated carbocycles. The lowest BCUT2D eigenvalue weighted by Gasteiger charge is -2.04. The number of benzene rings is 1. The van der Waals surface area contributed by atoms with E-state index < -0.39 is 5.82 Å². The summed E-state index contributed by atoms with van der Waals surface area (Å²) in [6.45, 7) is 4.12. The van der Waals surface area contributed by atoms with Gasteiger partial charge >= 0.3 is 0 Å².